The molecule has 6 heteroatoms. The molecule has 1 fully saturated rings. The lowest BCUT2D eigenvalue weighted by atomic mass is 10.0. The highest BCUT2D eigenvalue weighted by Gasteiger charge is 2.18. The normalized spacial score (nSPS) is 15.8. The number of amides is 1. The van der Waals surface area contributed by atoms with Crippen LogP contribution in [0.4, 0.5) is 0 Å². The molecule has 0 spiro atoms. The van der Waals surface area contributed by atoms with Crippen LogP contribution < -0.4 is 10.2 Å². The fourth-order valence-corrected chi connectivity index (χ4v) is 3.32. The van der Waals surface area contributed by atoms with Gasteiger partial charge >= 0.3 is 5.97 Å². The lowest BCUT2D eigenvalue weighted by Crippen LogP contribution is -2.29. The molecule has 1 unspecified atom stereocenters. The minimum absolute atomic E-state index is 0.231. The molecule has 0 radical (unpaired) electrons. The highest BCUT2D eigenvalue weighted by molar-refractivity contribution is 5.77. The molecule has 0 aliphatic carbocycles. The van der Waals surface area contributed by atoms with Gasteiger partial charge in [-0.3, -0.25) is 9.69 Å². The van der Waals surface area contributed by atoms with Gasteiger partial charge in [0.2, 0.25) is 5.91 Å². The van der Waals surface area contributed by atoms with Gasteiger partial charge in [0.25, 0.3) is 0 Å². The van der Waals surface area contributed by atoms with Gasteiger partial charge in [-0.2, -0.15) is 5.48 Å². The molecule has 0 saturated carbocycles. The summed E-state index contributed by atoms with van der Waals surface area (Å²) in [4.78, 5) is 30.0. The first kappa shape index (κ1) is 21.2. The van der Waals surface area contributed by atoms with Gasteiger partial charge in [0.15, 0.2) is 0 Å². The first-order chi connectivity index (χ1) is 13.1. The van der Waals surface area contributed by atoms with Crippen molar-refractivity contribution >= 4 is 11.9 Å². The van der Waals surface area contributed by atoms with Gasteiger partial charge < -0.3 is 9.57 Å². The molecule has 6 nitrogen and oxygen atoms in total. The van der Waals surface area contributed by atoms with E-state index in [9.17, 15) is 9.59 Å². The maximum absolute atomic E-state index is 11.9. The molecule has 150 valence electrons. The number of nitrogens with zero attached hydrogens (tertiary/aromatic N) is 1. The van der Waals surface area contributed by atoms with E-state index in [0.717, 1.165) is 18.7 Å². The first-order valence-electron chi connectivity index (χ1n) is 10.00. The average molecular weight is 376 g/mol. The molecule has 1 aliphatic rings. The molecule has 1 aromatic rings. The van der Waals surface area contributed by atoms with Crippen molar-refractivity contribution in [2.75, 3.05) is 19.7 Å². The zero-order valence-electron chi connectivity index (χ0n) is 16.5. The van der Waals surface area contributed by atoms with E-state index in [1.807, 2.05) is 19.1 Å². The molecular formula is C21H32N2O4. The smallest absolute Gasteiger partial charge is 0.335 e. The number of carbonyl (C=O) groups excluding carboxylic acids is 2. The summed E-state index contributed by atoms with van der Waals surface area (Å²) < 4.78 is 5.87. The average Bonchev–Trinajstić information content (AvgIpc) is 2.67. The van der Waals surface area contributed by atoms with Gasteiger partial charge in [-0.15, -0.1) is 0 Å². The van der Waals surface area contributed by atoms with E-state index in [1.54, 1.807) is 0 Å². The van der Waals surface area contributed by atoms with Gasteiger partial charge in [0.1, 0.15) is 5.75 Å². The second-order valence-electron chi connectivity index (χ2n) is 7.16. The number of nitrogens with one attached hydrogen (secondary N) is 1. The highest BCUT2D eigenvalue weighted by atomic mass is 16.7. The maximum Gasteiger partial charge on any atom is 0.335 e. The zero-order chi connectivity index (χ0) is 19.5. The fourth-order valence-electron chi connectivity index (χ4n) is 3.32. The standard InChI is InChI=1S/C21H32N2O4/c1-3-19(21(25)27-22-17(2)24)10-8-14-26-20-11-7-9-18(15-20)16-23-12-5-4-6-13-23/h7,9,11,15,19H,3-6,8,10,12-14,16H2,1-2H3,(H,22,24). The number of piperidine rings is 1. The van der Waals surface area contributed by atoms with Crippen LogP contribution in [-0.2, 0) is 21.0 Å². The molecule has 27 heavy (non-hydrogen) atoms. The van der Waals surface area contributed by atoms with Crippen LogP contribution in [0.1, 0.15) is 57.9 Å². The lowest BCUT2D eigenvalue weighted by Gasteiger charge is -2.26. The molecule has 1 atom stereocenters. The largest absolute Gasteiger partial charge is 0.494 e. The van der Waals surface area contributed by atoms with Gasteiger partial charge in [-0.25, -0.2) is 4.79 Å². The monoisotopic (exact) mass is 376 g/mol. The number of benzene rings is 1. The van der Waals surface area contributed by atoms with Crippen LogP contribution in [0.2, 0.25) is 0 Å². The van der Waals surface area contributed by atoms with E-state index in [4.69, 9.17) is 9.57 Å². The summed E-state index contributed by atoms with van der Waals surface area (Å²) in [7, 11) is 0. The van der Waals surface area contributed by atoms with Crippen LogP contribution in [0.25, 0.3) is 0 Å². The minimum Gasteiger partial charge on any atom is -0.494 e. The first-order valence-corrected chi connectivity index (χ1v) is 10.00. The van der Waals surface area contributed by atoms with Crippen LogP contribution in [0.15, 0.2) is 24.3 Å². The molecular weight excluding hydrogens is 344 g/mol. The Kier molecular flexibility index (Phi) is 9.11. The lowest BCUT2D eigenvalue weighted by molar-refractivity contribution is -0.162. The molecule has 2 rings (SSSR count). The third-order valence-electron chi connectivity index (χ3n) is 4.84. The van der Waals surface area contributed by atoms with Crippen molar-refractivity contribution < 1.29 is 19.2 Å². The second-order valence-corrected chi connectivity index (χ2v) is 7.16. The summed E-state index contributed by atoms with van der Waals surface area (Å²) in [6, 6.07) is 8.26. The van der Waals surface area contributed by atoms with Crippen LogP contribution >= 0.6 is 0 Å². The van der Waals surface area contributed by atoms with Gasteiger partial charge in [-0.1, -0.05) is 25.5 Å². The Morgan fingerprint density at radius 1 is 1.22 bits per heavy atom. The minimum atomic E-state index is -0.392. The summed E-state index contributed by atoms with van der Waals surface area (Å²) in [6.07, 6.45) is 6.02. The summed E-state index contributed by atoms with van der Waals surface area (Å²) in [6.45, 7) is 7.13. The molecule has 0 bridgehead atoms. The molecule has 0 aromatic heterocycles. The van der Waals surface area contributed by atoms with E-state index >= 15 is 0 Å². The Hall–Kier alpha value is -2.08. The quantitative estimate of drug-likeness (QED) is 0.528. The van der Waals surface area contributed by atoms with Crippen molar-refractivity contribution in [3.8, 4) is 5.75 Å². The predicted octanol–water partition coefficient (Wildman–Crippen LogP) is 3.45. The number of rotatable bonds is 9. The molecule has 1 aliphatic heterocycles. The van der Waals surface area contributed by atoms with E-state index in [0.29, 0.717) is 19.4 Å². The van der Waals surface area contributed by atoms with Crippen molar-refractivity contribution in [2.24, 2.45) is 5.92 Å². The van der Waals surface area contributed by atoms with Crippen LogP contribution in [0, 0.1) is 5.92 Å². The Balaban J connectivity index is 1.71. The second kappa shape index (κ2) is 11.6. The van der Waals surface area contributed by atoms with E-state index < -0.39 is 5.97 Å². The molecule has 1 saturated heterocycles. The van der Waals surface area contributed by atoms with Gasteiger partial charge in [-0.05, 0) is 62.9 Å². The van der Waals surface area contributed by atoms with E-state index in [2.05, 4.69) is 22.5 Å². The number of ether oxygens (including phenoxy) is 1. The van der Waals surface area contributed by atoms with Crippen molar-refractivity contribution in [3.63, 3.8) is 0 Å². The van der Waals surface area contributed by atoms with Crippen molar-refractivity contribution in [1.82, 2.24) is 10.4 Å². The number of hydroxylamine groups is 1. The van der Waals surface area contributed by atoms with Gasteiger partial charge in [0.05, 0.1) is 12.5 Å². The van der Waals surface area contributed by atoms with Crippen LogP contribution in [0.5, 0.6) is 5.75 Å². The summed E-state index contributed by atoms with van der Waals surface area (Å²) >= 11 is 0. The Morgan fingerprint density at radius 3 is 2.70 bits per heavy atom. The third-order valence-corrected chi connectivity index (χ3v) is 4.84. The summed E-state index contributed by atoms with van der Waals surface area (Å²) in [5.41, 5.74) is 3.37. The number of likely N-dealkylation sites (tertiary alicyclic amines) is 1. The van der Waals surface area contributed by atoms with Crippen molar-refractivity contribution in [1.29, 1.82) is 0 Å². The summed E-state index contributed by atoms with van der Waals surface area (Å²) in [5, 5.41) is 0. The zero-order valence-corrected chi connectivity index (χ0v) is 16.5. The summed E-state index contributed by atoms with van der Waals surface area (Å²) in [5.74, 6) is -0.133. The predicted molar refractivity (Wildman–Crippen MR) is 104 cm³/mol. The topological polar surface area (TPSA) is 67.9 Å². The SMILES string of the molecule is CCC(CCCOc1cccc(CN2CCCCC2)c1)C(=O)ONC(C)=O. The third kappa shape index (κ3) is 7.99. The molecule has 1 heterocycles. The van der Waals surface area contributed by atoms with Crippen molar-refractivity contribution in [2.45, 2.75) is 58.9 Å². The number of hydrogen-bond donors (Lipinski definition) is 1. The van der Waals surface area contributed by atoms with Crippen molar-refractivity contribution in [3.05, 3.63) is 29.8 Å². The van der Waals surface area contributed by atoms with E-state index in [1.165, 1.54) is 44.8 Å². The van der Waals surface area contributed by atoms with Gasteiger partial charge in [0, 0.05) is 13.5 Å². The van der Waals surface area contributed by atoms with E-state index in [-0.39, 0.29) is 11.8 Å². The van der Waals surface area contributed by atoms with Crippen LogP contribution in [0.3, 0.4) is 0 Å². The number of hydrogen-bond acceptors (Lipinski definition) is 5. The van der Waals surface area contributed by atoms with Crippen LogP contribution in [-0.4, -0.2) is 36.5 Å². The number of carbonyl (C=O) groups is 2. The molecule has 1 aromatic carbocycles. The Morgan fingerprint density at radius 2 is 2.00 bits per heavy atom. The fraction of sp³-hybridized carbons (Fsp3) is 0.619. The highest BCUT2D eigenvalue weighted by Crippen LogP contribution is 2.19. The maximum atomic E-state index is 11.9. The Bertz CT molecular complexity index is 600. The molecule has 1 amide bonds. The molecule has 1 N–H and O–H groups in total. The Labute approximate surface area is 162 Å².